The van der Waals surface area contributed by atoms with Gasteiger partial charge in [-0.05, 0) is 72.8 Å². The Morgan fingerprint density at radius 1 is 0.727 bits per heavy atom. The first-order valence-corrected chi connectivity index (χ1v) is 11.3. The third-order valence-corrected chi connectivity index (χ3v) is 6.92. The fourth-order valence-corrected chi connectivity index (χ4v) is 4.86. The lowest BCUT2D eigenvalue weighted by Gasteiger charge is -2.32. The van der Waals surface area contributed by atoms with Crippen LogP contribution in [-0.2, 0) is 0 Å². The Labute approximate surface area is 190 Å². The molecule has 174 valence electrons. The molecule has 0 saturated heterocycles. The Kier molecular flexibility index (Phi) is 6.84. The molecule has 1 aliphatic rings. The molecule has 0 spiro atoms. The van der Waals surface area contributed by atoms with Crippen LogP contribution in [0, 0.1) is 35.0 Å². The van der Waals surface area contributed by atoms with E-state index in [1.54, 1.807) is 12.1 Å². The molecule has 0 bridgehead atoms. The Bertz CT molecular complexity index is 1110. The molecule has 33 heavy (non-hydrogen) atoms. The molecular weight excluding hydrogens is 433 g/mol. The van der Waals surface area contributed by atoms with Crippen LogP contribution in [0.5, 0.6) is 0 Å². The molecule has 1 aliphatic carbocycles. The summed E-state index contributed by atoms with van der Waals surface area (Å²) in [7, 11) is 0. The van der Waals surface area contributed by atoms with Gasteiger partial charge in [-0.2, -0.15) is 0 Å². The maximum Gasteiger partial charge on any atom is 0.194 e. The Morgan fingerprint density at radius 2 is 1.24 bits per heavy atom. The van der Waals surface area contributed by atoms with Crippen molar-refractivity contribution in [2.75, 3.05) is 0 Å². The van der Waals surface area contributed by atoms with E-state index < -0.39 is 29.1 Å². The number of benzene rings is 3. The smallest absolute Gasteiger partial charge is 0.194 e. The fourth-order valence-electron chi connectivity index (χ4n) is 4.86. The van der Waals surface area contributed by atoms with Crippen molar-refractivity contribution in [3.8, 4) is 22.3 Å². The minimum absolute atomic E-state index is 0.0449. The van der Waals surface area contributed by atoms with Crippen LogP contribution in [0.2, 0.25) is 0 Å². The predicted octanol–water partition coefficient (Wildman–Crippen LogP) is 7.73. The van der Waals surface area contributed by atoms with Gasteiger partial charge in [-0.15, -0.1) is 0 Å². The van der Waals surface area contributed by atoms with Crippen LogP contribution in [0.15, 0.2) is 48.5 Å². The molecular formula is C27H26F5N. The topological polar surface area (TPSA) is 26.0 Å². The summed E-state index contributed by atoms with van der Waals surface area (Å²) in [6.45, 7) is 2.11. The zero-order valence-corrected chi connectivity index (χ0v) is 18.4. The van der Waals surface area contributed by atoms with Gasteiger partial charge in [0.05, 0.1) is 0 Å². The predicted molar refractivity (Wildman–Crippen MR) is 120 cm³/mol. The summed E-state index contributed by atoms with van der Waals surface area (Å²) in [5.41, 5.74) is 7.29. The molecule has 0 heterocycles. The largest absolute Gasteiger partial charge is 0.327 e. The van der Waals surface area contributed by atoms with Crippen LogP contribution in [0.3, 0.4) is 0 Å². The van der Waals surface area contributed by atoms with Crippen LogP contribution in [-0.4, -0.2) is 6.04 Å². The first-order valence-electron chi connectivity index (χ1n) is 11.3. The van der Waals surface area contributed by atoms with Gasteiger partial charge >= 0.3 is 0 Å². The second kappa shape index (κ2) is 9.64. The summed E-state index contributed by atoms with van der Waals surface area (Å²) in [6.07, 6.45) is 5.27. The number of nitrogens with two attached hydrogens (primary N) is 1. The molecule has 1 saturated carbocycles. The van der Waals surface area contributed by atoms with Crippen molar-refractivity contribution in [3.05, 3.63) is 83.2 Å². The number of halogens is 5. The van der Waals surface area contributed by atoms with Crippen molar-refractivity contribution in [1.82, 2.24) is 0 Å². The summed E-state index contributed by atoms with van der Waals surface area (Å²) < 4.78 is 69.9. The summed E-state index contributed by atoms with van der Waals surface area (Å²) in [5, 5.41) is 0. The molecule has 3 aromatic carbocycles. The summed E-state index contributed by atoms with van der Waals surface area (Å²) in [6, 6.07) is 11.5. The number of rotatable bonds is 5. The van der Waals surface area contributed by atoms with E-state index in [9.17, 15) is 22.0 Å². The molecule has 3 aromatic rings. The Balaban J connectivity index is 1.55. The van der Waals surface area contributed by atoms with Gasteiger partial charge in [-0.1, -0.05) is 43.3 Å². The quantitative estimate of drug-likeness (QED) is 0.307. The van der Waals surface area contributed by atoms with Gasteiger partial charge in [0.1, 0.15) is 0 Å². The van der Waals surface area contributed by atoms with Gasteiger partial charge in [0.25, 0.3) is 0 Å². The monoisotopic (exact) mass is 459 g/mol. The summed E-state index contributed by atoms with van der Waals surface area (Å²) >= 11 is 0. The molecule has 0 aliphatic heterocycles. The van der Waals surface area contributed by atoms with Crippen LogP contribution < -0.4 is 5.73 Å². The summed E-state index contributed by atoms with van der Waals surface area (Å²) in [4.78, 5) is 0. The molecule has 1 fully saturated rings. The van der Waals surface area contributed by atoms with Crippen molar-refractivity contribution >= 4 is 0 Å². The number of hydrogen-bond donors (Lipinski definition) is 1. The zero-order chi connectivity index (χ0) is 23.7. The highest BCUT2D eigenvalue weighted by Crippen LogP contribution is 2.38. The Morgan fingerprint density at radius 3 is 1.76 bits per heavy atom. The maximum atomic E-state index is 14.9. The minimum atomic E-state index is -1.65. The van der Waals surface area contributed by atoms with Gasteiger partial charge < -0.3 is 5.73 Å². The van der Waals surface area contributed by atoms with Crippen LogP contribution in [0.1, 0.15) is 50.5 Å². The van der Waals surface area contributed by atoms with E-state index in [-0.39, 0.29) is 22.7 Å². The fraction of sp³-hybridized carbons (Fsp3) is 0.333. The lowest BCUT2D eigenvalue weighted by atomic mass is 9.75. The van der Waals surface area contributed by atoms with E-state index in [1.807, 2.05) is 12.1 Å². The van der Waals surface area contributed by atoms with E-state index in [2.05, 4.69) is 6.92 Å². The minimum Gasteiger partial charge on any atom is -0.327 e. The average molecular weight is 460 g/mol. The first-order chi connectivity index (χ1) is 15.8. The molecule has 1 unspecified atom stereocenters. The van der Waals surface area contributed by atoms with E-state index in [0.717, 1.165) is 37.7 Å². The lowest BCUT2D eigenvalue weighted by Crippen LogP contribution is -2.32. The SMILES string of the molecule is CCC(N)C1CCC(c2ccc(-c3ccc(-c4cc(F)c(F)c(F)c4)c(F)c3F)cc2)CC1. The Hall–Kier alpha value is -2.73. The van der Waals surface area contributed by atoms with Gasteiger partial charge in [0.2, 0.25) is 0 Å². The first kappa shape index (κ1) is 23.4. The third-order valence-electron chi connectivity index (χ3n) is 6.92. The van der Waals surface area contributed by atoms with Gasteiger partial charge in [-0.25, -0.2) is 22.0 Å². The van der Waals surface area contributed by atoms with Gasteiger partial charge in [-0.3, -0.25) is 0 Å². The molecule has 1 nitrogen and oxygen atoms in total. The molecule has 0 amide bonds. The van der Waals surface area contributed by atoms with Gasteiger partial charge in [0, 0.05) is 17.2 Å². The van der Waals surface area contributed by atoms with E-state index >= 15 is 0 Å². The van der Waals surface area contributed by atoms with E-state index in [4.69, 9.17) is 5.73 Å². The zero-order valence-electron chi connectivity index (χ0n) is 18.4. The van der Waals surface area contributed by atoms with Crippen LogP contribution in [0.4, 0.5) is 22.0 Å². The van der Waals surface area contributed by atoms with Crippen molar-refractivity contribution in [3.63, 3.8) is 0 Å². The maximum absolute atomic E-state index is 14.9. The number of hydrogen-bond acceptors (Lipinski definition) is 1. The standard InChI is InChI=1S/C27H26F5N/c1-2-24(33)18-9-5-16(6-10-18)15-3-7-17(8-4-15)20-11-12-21(26(31)25(20)30)19-13-22(28)27(32)23(29)14-19/h3-4,7-8,11-14,16,18,24H,2,5-6,9-10,33H2,1H3. The molecule has 1 atom stereocenters. The second-order valence-corrected chi connectivity index (χ2v) is 8.85. The van der Waals surface area contributed by atoms with Crippen molar-refractivity contribution in [2.24, 2.45) is 11.7 Å². The molecule has 0 radical (unpaired) electrons. The molecule has 2 N–H and O–H groups in total. The lowest BCUT2D eigenvalue weighted by molar-refractivity contribution is 0.277. The molecule has 6 heteroatoms. The van der Waals surface area contributed by atoms with E-state index in [1.165, 1.54) is 12.1 Å². The van der Waals surface area contributed by atoms with E-state index in [0.29, 0.717) is 29.5 Å². The normalized spacial score (nSPS) is 19.5. The highest BCUT2D eigenvalue weighted by atomic mass is 19.2. The second-order valence-electron chi connectivity index (χ2n) is 8.85. The highest BCUT2D eigenvalue weighted by molar-refractivity contribution is 5.72. The van der Waals surface area contributed by atoms with Crippen LogP contribution >= 0.6 is 0 Å². The molecule has 0 aromatic heterocycles. The average Bonchev–Trinajstić information content (AvgIpc) is 2.83. The van der Waals surface area contributed by atoms with Crippen molar-refractivity contribution in [2.45, 2.75) is 51.0 Å². The summed E-state index contributed by atoms with van der Waals surface area (Å²) in [5.74, 6) is -5.97. The van der Waals surface area contributed by atoms with Crippen molar-refractivity contribution < 1.29 is 22.0 Å². The van der Waals surface area contributed by atoms with Crippen molar-refractivity contribution in [1.29, 1.82) is 0 Å². The third kappa shape index (κ3) is 4.67. The molecule has 4 rings (SSSR count). The van der Waals surface area contributed by atoms with Gasteiger partial charge in [0.15, 0.2) is 29.1 Å². The van der Waals surface area contributed by atoms with Crippen LogP contribution in [0.25, 0.3) is 22.3 Å². The highest BCUT2D eigenvalue weighted by Gasteiger charge is 2.26.